The second kappa shape index (κ2) is 5.98. The Morgan fingerprint density at radius 3 is 2.86 bits per heavy atom. The molecule has 3 rings (SSSR count). The first-order chi connectivity index (χ1) is 10.5. The minimum absolute atomic E-state index is 0.00817. The first kappa shape index (κ1) is 15.5. The van der Waals surface area contributed by atoms with E-state index in [9.17, 15) is 8.42 Å². The number of piperidine rings is 1. The molecule has 8 heteroatoms. The largest absolute Gasteiger partial charge is 0.248 e. The van der Waals surface area contributed by atoms with E-state index in [0.717, 1.165) is 12.8 Å². The predicted octanol–water partition coefficient (Wildman–Crippen LogP) is 2.27. The van der Waals surface area contributed by atoms with Gasteiger partial charge in [0.1, 0.15) is 4.90 Å². The number of aromatic nitrogens is 3. The zero-order valence-electron chi connectivity index (χ0n) is 12.2. The predicted molar refractivity (Wildman–Crippen MR) is 83.2 cm³/mol. The van der Waals surface area contributed by atoms with Crippen LogP contribution in [0, 0.1) is 6.92 Å². The van der Waals surface area contributed by atoms with Gasteiger partial charge >= 0.3 is 0 Å². The molecule has 0 amide bonds. The molecule has 2 heterocycles. The third-order valence-electron chi connectivity index (χ3n) is 3.94. The lowest BCUT2D eigenvalue weighted by molar-refractivity contribution is 0.251. The van der Waals surface area contributed by atoms with Crippen molar-refractivity contribution in [2.24, 2.45) is 0 Å². The van der Waals surface area contributed by atoms with Crippen LogP contribution < -0.4 is 0 Å². The average Bonchev–Trinajstić information content (AvgIpc) is 3.01. The van der Waals surface area contributed by atoms with Gasteiger partial charge < -0.3 is 0 Å². The minimum atomic E-state index is -3.61. The van der Waals surface area contributed by atoms with Gasteiger partial charge in [-0.3, -0.25) is 0 Å². The Hall–Kier alpha value is -1.44. The highest BCUT2D eigenvalue weighted by Crippen LogP contribution is 2.31. The Labute approximate surface area is 134 Å². The van der Waals surface area contributed by atoms with Crippen LogP contribution in [-0.2, 0) is 10.0 Å². The highest BCUT2D eigenvalue weighted by molar-refractivity contribution is 7.89. The molecule has 0 aliphatic carbocycles. The van der Waals surface area contributed by atoms with E-state index in [0.29, 0.717) is 18.7 Å². The molecule has 1 fully saturated rings. The number of sulfonamides is 1. The van der Waals surface area contributed by atoms with Gasteiger partial charge in [-0.2, -0.15) is 4.31 Å². The molecule has 1 aromatic carbocycles. The van der Waals surface area contributed by atoms with Crippen LogP contribution in [0.25, 0.3) is 0 Å². The summed E-state index contributed by atoms with van der Waals surface area (Å²) in [5.74, 6) is 0. The Balaban J connectivity index is 1.92. The van der Waals surface area contributed by atoms with E-state index in [-0.39, 0.29) is 16.0 Å². The molecule has 0 bridgehead atoms. The van der Waals surface area contributed by atoms with Crippen LogP contribution in [0.2, 0.25) is 5.02 Å². The summed E-state index contributed by atoms with van der Waals surface area (Å²) in [6.45, 7) is 2.65. The molecular formula is C14H17ClN4O2S. The van der Waals surface area contributed by atoms with Crippen molar-refractivity contribution in [2.75, 3.05) is 13.1 Å². The summed E-state index contributed by atoms with van der Waals surface area (Å²) in [5, 5.41) is 8.04. The van der Waals surface area contributed by atoms with E-state index in [1.54, 1.807) is 42.2 Å². The maximum absolute atomic E-state index is 12.9. The number of aryl methyl sites for hydroxylation is 1. The summed E-state index contributed by atoms with van der Waals surface area (Å²) in [6.07, 6.45) is 5.04. The molecular weight excluding hydrogens is 324 g/mol. The number of benzene rings is 1. The van der Waals surface area contributed by atoms with Crippen LogP contribution in [0.5, 0.6) is 0 Å². The summed E-state index contributed by atoms with van der Waals surface area (Å²) in [5.41, 5.74) is 0.662. The average molecular weight is 341 g/mol. The van der Waals surface area contributed by atoms with Crippen LogP contribution in [-0.4, -0.2) is 40.8 Å². The Bertz CT molecular complexity index is 741. The van der Waals surface area contributed by atoms with E-state index in [4.69, 9.17) is 11.6 Å². The van der Waals surface area contributed by atoms with Gasteiger partial charge in [0.25, 0.3) is 0 Å². The van der Waals surface area contributed by atoms with Crippen molar-refractivity contribution in [3.05, 3.63) is 41.2 Å². The summed E-state index contributed by atoms with van der Waals surface area (Å²) < 4.78 is 29.1. The van der Waals surface area contributed by atoms with Crippen molar-refractivity contribution >= 4 is 21.6 Å². The third kappa shape index (κ3) is 2.76. The van der Waals surface area contributed by atoms with Gasteiger partial charge in [-0.15, -0.1) is 5.10 Å². The summed E-state index contributed by atoms with van der Waals surface area (Å²) >= 11 is 6.14. The number of hydrogen-bond donors (Lipinski definition) is 0. The molecule has 0 radical (unpaired) electrons. The van der Waals surface area contributed by atoms with Gasteiger partial charge in [0.15, 0.2) is 0 Å². The van der Waals surface area contributed by atoms with Crippen molar-refractivity contribution in [2.45, 2.75) is 30.7 Å². The first-order valence-corrected chi connectivity index (χ1v) is 8.93. The molecule has 2 aromatic rings. The van der Waals surface area contributed by atoms with Crippen molar-refractivity contribution in [1.29, 1.82) is 0 Å². The Morgan fingerprint density at radius 1 is 1.36 bits per heavy atom. The molecule has 1 saturated heterocycles. The Kier molecular flexibility index (Phi) is 4.20. The fraction of sp³-hybridized carbons (Fsp3) is 0.429. The highest BCUT2D eigenvalue weighted by Gasteiger charge is 2.33. The molecule has 0 saturated carbocycles. The van der Waals surface area contributed by atoms with Crippen LogP contribution in [0.15, 0.2) is 35.5 Å². The molecule has 118 valence electrons. The first-order valence-electron chi connectivity index (χ1n) is 7.11. The molecule has 1 aliphatic heterocycles. The third-order valence-corrected chi connectivity index (χ3v) is 6.43. The maximum Gasteiger partial charge on any atom is 0.244 e. The lowest BCUT2D eigenvalue weighted by Crippen LogP contribution is -2.41. The summed E-state index contributed by atoms with van der Waals surface area (Å²) in [4.78, 5) is 0.205. The molecule has 1 aromatic heterocycles. The van der Waals surface area contributed by atoms with E-state index < -0.39 is 10.0 Å². The van der Waals surface area contributed by atoms with Gasteiger partial charge in [0.2, 0.25) is 10.0 Å². The number of nitrogens with zero attached hydrogens (tertiary/aromatic N) is 4. The van der Waals surface area contributed by atoms with E-state index >= 15 is 0 Å². The van der Waals surface area contributed by atoms with Crippen LogP contribution >= 0.6 is 11.6 Å². The minimum Gasteiger partial charge on any atom is -0.248 e. The van der Waals surface area contributed by atoms with Crippen molar-refractivity contribution in [3.63, 3.8) is 0 Å². The van der Waals surface area contributed by atoms with Gasteiger partial charge in [-0.1, -0.05) is 28.9 Å². The van der Waals surface area contributed by atoms with Crippen molar-refractivity contribution < 1.29 is 8.42 Å². The lowest BCUT2D eigenvalue weighted by Gasteiger charge is -2.32. The monoisotopic (exact) mass is 340 g/mol. The topological polar surface area (TPSA) is 68.1 Å². The Morgan fingerprint density at radius 2 is 2.18 bits per heavy atom. The summed E-state index contributed by atoms with van der Waals surface area (Å²) in [6, 6.07) is 5.14. The number of hydrogen-bond acceptors (Lipinski definition) is 4. The van der Waals surface area contributed by atoms with Gasteiger partial charge in [-0.25, -0.2) is 13.1 Å². The zero-order valence-corrected chi connectivity index (χ0v) is 13.8. The quantitative estimate of drug-likeness (QED) is 0.859. The highest BCUT2D eigenvalue weighted by atomic mass is 35.5. The fourth-order valence-corrected chi connectivity index (χ4v) is 5.14. The van der Waals surface area contributed by atoms with E-state index in [1.807, 2.05) is 0 Å². The van der Waals surface area contributed by atoms with Crippen LogP contribution in [0.3, 0.4) is 0 Å². The van der Waals surface area contributed by atoms with E-state index in [2.05, 4.69) is 10.3 Å². The van der Waals surface area contributed by atoms with Gasteiger partial charge in [0.05, 0.1) is 17.3 Å². The zero-order chi connectivity index (χ0) is 15.7. The molecule has 1 unspecified atom stereocenters. The molecule has 22 heavy (non-hydrogen) atoms. The number of rotatable bonds is 3. The van der Waals surface area contributed by atoms with Gasteiger partial charge in [0, 0.05) is 19.3 Å². The molecule has 1 atom stereocenters. The van der Waals surface area contributed by atoms with Gasteiger partial charge in [-0.05, 0) is 31.4 Å². The standard InChI is InChI=1S/C14H17ClN4O2S/c1-11-4-2-6-13(15)14(11)22(20,21)18-8-3-5-12(10-18)19-9-7-16-17-19/h2,4,6-7,9,12H,3,5,8,10H2,1H3. The normalized spacial score (nSPS) is 20.2. The van der Waals surface area contributed by atoms with E-state index in [1.165, 1.54) is 4.31 Å². The SMILES string of the molecule is Cc1cccc(Cl)c1S(=O)(=O)N1CCCC(n2ccnn2)C1. The summed E-state index contributed by atoms with van der Waals surface area (Å²) in [7, 11) is -3.61. The molecule has 0 spiro atoms. The number of halogens is 1. The second-order valence-corrected chi connectivity index (χ2v) is 7.71. The van der Waals surface area contributed by atoms with Crippen molar-refractivity contribution in [3.8, 4) is 0 Å². The maximum atomic E-state index is 12.9. The smallest absolute Gasteiger partial charge is 0.244 e. The second-order valence-electron chi connectivity index (χ2n) is 5.43. The van der Waals surface area contributed by atoms with Crippen LogP contribution in [0.4, 0.5) is 0 Å². The fourth-order valence-electron chi connectivity index (χ4n) is 2.84. The van der Waals surface area contributed by atoms with Crippen molar-refractivity contribution in [1.82, 2.24) is 19.3 Å². The lowest BCUT2D eigenvalue weighted by atomic mass is 10.1. The molecule has 0 N–H and O–H groups in total. The molecule has 6 nitrogen and oxygen atoms in total. The van der Waals surface area contributed by atoms with Crippen LogP contribution in [0.1, 0.15) is 24.4 Å². The molecule has 1 aliphatic rings.